The summed E-state index contributed by atoms with van der Waals surface area (Å²) in [6.45, 7) is 2.27. The molecule has 1 N–H and O–H groups in total. The van der Waals surface area contributed by atoms with Gasteiger partial charge in [-0.1, -0.05) is 6.07 Å². The highest BCUT2D eigenvalue weighted by Crippen LogP contribution is 2.14. The molecule has 1 fully saturated rings. The lowest BCUT2D eigenvalue weighted by Crippen LogP contribution is -2.46. The molecule has 0 bridgehead atoms. The molecule has 0 spiro atoms. The van der Waals surface area contributed by atoms with E-state index in [9.17, 15) is 13.6 Å². The maximum absolute atomic E-state index is 13.4. The molecule has 3 nitrogen and oxygen atoms in total. The number of hydrogen-bond donors (Lipinski definition) is 1. The van der Waals surface area contributed by atoms with E-state index in [2.05, 4.69) is 5.32 Å². The first-order valence-electron chi connectivity index (χ1n) is 5.14. The summed E-state index contributed by atoms with van der Waals surface area (Å²) in [5.41, 5.74) is -0.454. The highest BCUT2D eigenvalue weighted by molar-refractivity contribution is 5.94. The van der Waals surface area contributed by atoms with Crippen LogP contribution < -0.4 is 5.32 Å². The zero-order chi connectivity index (χ0) is 11.5. The number of carbonyl (C=O) groups is 1. The van der Waals surface area contributed by atoms with Gasteiger partial charge in [-0.05, 0) is 12.1 Å². The van der Waals surface area contributed by atoms with Gasteiger partial charge in [-0.15, -0.1) is 0 Å². The van der Waals surface area contributed by atoms with Gasteiger partial charge in [0.05, 0.1) is 0 Å². The lowest BCUT2D eigenvalue weighted by Gasteiger charge is -2.27. The molecule has 1 aliphatic heterocycles. The molecule has 1 aromatic carbocycles. The maximum Gasteiger partial charge on any atom is 0.259 e. The zero-order valence-electron chi connectivity index (χ0n) is 8.67. The number of nitrogens with one attached hydrogen (secondary N) is 1. The first-order valence-corrected chi connectivity index (χ1v) is 5.14. The van der Waals surface area contributed by atoms with Crippen LogP contribution in [-0.4, -0.2) is 37.0 Å². The quantitative estimate of drug-likeness (QED) is 0.775. The number of carbonyl (C=O) groups excluding carboxylic acids is 1. The van der Waals surface area contributed by atoms with Gasteiger partial charge in [0.2, 0.25) is 0 Å². The van der Waals surface area contributed by atoms with Crippen molar-refractivity contribution in [1.82, 2.24) is 10.2 Å². The molecule has 2 rings (SSSR count). The van der Waals surface area contributed by atoms with Gasteiger partial charge in [-0.3, -0.25) is 4.79 Å². The summed E-state index contributed by atoms with van der Waals surface area (Å²) in [5, 5.41) is 3.07. The van der Waals surface area contributed by atoms with Crippen molar-refractivity contribution in [2.24, 2.45) is 0 Å². The minimum absolute atomic E-state index is 0.454. The van der Waals surface area contributed by atoms with Gasteiger partial charge >= 0.3 is 0 Å². The fraction of sp³-hybridized carbons (Fsp3) is 0.364. The fourth-order valence-corrected chi connectivity index (χ4v) is 1.73. The number of hydrogen-bond acceptors (Lipinski definition) is 2. The van der Waals surface area contributed by atoms with Gasteiger partial charge in [0.1, 0.15) is 17.2 Å². The van der Waals surface area contributed by atoms with E-state index in [4.69, 9.17) is 0 Å². The van der Waals surface area contributed by atoms with Gasteiger partial charge in [0.15, 0.2) is 0 Å². The maximum atomic E-state index is 13.4. The molecule has 1 aliphatic rings. The second-order valence-electron chi connectivity index (χ2n) is 3.64. The number of nitrogens with zero attached hydrogens (tertiary/aromatic N) is 1. The van der Waals surface area contributed by atoms with E-state index in [0.29, 0.717) is 26.2 Å². The van der Waals surface area contributed by atoms with Crippen LogP contribution in [0, 0.1) is 11.6 Å². The molecular weight excluding hydrogens is 214 g/mol. The minimum Gasteiger partial charge on any atom is -0.336 e. The van der Waals surface area contributed by atoms with E-state index in [1.54, 1.807) is 0 Å². The van der Waals surface area contributed by atoms with Crippen LogP contribution >= 0.6 is 0 Å². The van der Waals surface area contributed by atoms with Crippen LogP contribution in [0.15, 0.2) is 18.2 Å². The molecule has 0 unspecified atom stereocenters. The summed E-state index contributed by atoms with van der Waals surface area (Å²) in [6.07, 6.45) is 0. The van der Waals surface area contributed by atoms with Crippen molar-refractivity contribution in [2.45, 2.75) is 0 Å². The standard InChI is InChI=1S/C11H12F2N2O/c12-8-2-1-3-9(13)10(8)11(16)15-6-4-14-5-7-15/h1-3,14H,4-7H2. The molecule has 0 radical (unpaired) electrons. The predicted molar refractivity (Wildman–Crippen MR) is 55.1 cm³/mol. The van der Waals surface area contributed by atoms with E-state index in [0.717, 1.165) is 12.1 Å². The second kappa shape index (κ2) is 4.57. The van der Waals surface area contributed by atoms with Crippen molar-refractivity contribution >= 4 is 5.91 Å². The summed E-state index contributed by atoms with van der Waals surface area (Å²) in [7, 11) is 0. The third-order valence-electron chi connectivity index (χ3n) is 2.58. The third-order valence-corrected chi connectivity index (χ3v) is 2.58. The Morgan fingerprint density at radius 3 is 2.31 bits per heavy atom. The Bertz CT molecular complexity index is 383. The van der Waals surface area contributed by atoms with Gasteiger partial charge in [-0.25, -0.2) is 8.78 Å². The van der Waals surface area contributed by atoms with Crippen molar-refractivity contribution in [3.8, 4) is 0 Å². The number of piperazine rings is 1. The van der Waals surface area contributed by atoms with Gasteiger partial charge < -0.3 is 10.2 Å². The SMILES string of the molecule is O=C(c1c(F)cccc1F)N1CCNCC1. The lowest BCUT2D eigenvalue weighted by atomic mass is 10.1. The average molecular weight is 226 g/mol. The fourth-order valence-electron chi connectivity index (χ4n) is 1.73. The first-order chi connectivity index (χ1) is 7.70. The molecule has 1 heterocycles. The first kappa shape index (κ1) is 11.0. The Morgan fingerprint density at radius 1 is 1.19 bits per heavy atom. The van der Waals surface area contributed by atoms with Crippen LogP contribution in [-0.2, 0) is 0 Å². The van der Waals surface area contributed by atoms with Crippen LogP contribution in [0.4, 0.5) is 8.78 Å². The molecule has 0 atom stereocenters. The normalized spacial score (nSPS) is 16.2. The Labute approximate surface area is 92.1 Å². The zero-order valence-corrected chi connectivity index (χ0v) is 8.67. The smallest absolute Gasteiger partial charge is 0.259 e. The number of benzene rings is 1. The molecule has 1 amide bonds. The van der Waals surface area contributed by atoms with Gasteiger partial charge in [0, 0.05) is 26.2 Å². The molecule has 0 aliphatic carbocycles. The van der Waals surface area contributed by atoms with Crippen molar-refractivity contribution in [3.63, 3.8) is 0 Å². The Hall–Kier alpha value is -1.49. The van der Waals surface area contributed by atoms with Gasteiger partial charge in [0.25, 0.3) is 5.91 Å². The summed E-state index contributed by atoms with van der Waals surface area (Å²) >= 11 is 0. The van der Waals surface area contributed by atoms with E-state index in [1.807, 2.05) is 0 Å². The van der Waals surface area contributed by atoms with E-state index >= 15 is 0 Å². The molecular formula is C11H12F2N2O. The van der Waals surface area contributed by atoms with Gasteiger partial charge in [-0.2, -0.15) is 0 Å². The van der Waals surface area contributed by atoms with E-state index in [1.165, 1.54) is 11.0 Å². The summed E-state index contributed by atoms with van der Waals surface area (Å²) < 4.78 is 26.7. The van der Waals surface area contributed by atoms with Crippen molar-refractivity contribution < 1.29 is 13.6 Å². The molecule has 0 saturated carbocycles. The predicted octanol–water partition coefficient (Wildman–Crippen LogP) is 1.01. The van der Waals surface area contributed by atoms with Crippen LogP contribution in [0.3, 0.4) is 0 Å². The number of halogens is 2. The third kappa shape index (κ3) is 2.04. The molecule has 1 saturated heterocycles. The van der Waals surface area contributed by atoms with Crippen molar-refractivity contribution in [1.29, 1.82) is 0 Å². The number of rotatable bonds is 1. The monoisotopic (exact) mass is 226 g/mol. The minimum atomic E-state index is -0.802. The molecule has 5 heteroatoms. The highest BCUT2D eigenvalue weighted by Gasteiger charge is 2.23. The van der Waals surface area contributed by atoms with Crippen LogP contribution in [0.1, 0.15) is 10.4 Å². The molecule has 0 aromatic heterocycles. The Kier molecular flexibility index (Phi) is 3.14. The van der Waals surface area contributed by atoms with Crippen molar-refractivity contribution in [2.75, 3.05) is 26.2 Å². The lowest BCUT2D eigenvalue weighted by molar-refractivity contribution is 0.0726. The largest absolute Gasteiger partial charge is 0.336 e. The van der Waals surface area contributed by atoms with Crippen LogP contribution in [0.25, 0.3) is 0 Å². The summed E-state index contributed by atoms with van der Waals surface area (Å²) in [5.74, 6) is -2.18. The van der Waals surface area contributed by atoms with Crippen LogP contribution in [0.2, 0.25) is 0 Å². The molecule has 86 valence electrons. The second-order valence-corrected chi connectivity index (χ2v) is 3.64. The summed E-state index contributed by atoms with van der Waals surface area (Å²) in [4.78, 5) is 13.3. The van der Waals surface area contributed by atoms with Crippen molar-refractivity contribution in [3.05, 3.63) is 35.4 Å². The summed E-state index contributed by atoms with van der Waals surface area (Å²) in [6, 6.07) is 3.44. The van der Waals surface area contributed by atoms with Crippen LogP contribution in [0.5, 0.6) is 0 Å². The Morgan fingerprint density at radius 2 is 1.75 bits per heavy atom. The average Bonchev–Trinajstić information content (AvgIpc) is 2.30. The van der Waals surface area contributed by atoms with E-state index < -0.39 is 23.1 Å². The molecule has 16 heavy (non-hydrogen) atoms. The van der Waals surface area contributed by atoms with E-state index in [-0.39, 0.29) is 0 Å². The number of amides is 1. The molecule has 1 aromatic rings. The Balaban J connectivity index is 2.26. The highest BCUT2D eigenvalue weighted by atomic mass is 19.1. The topological polar surface area (TPSA) is 32.3 Å².